The van der Waals surface area contributed by atoms with Crippen LogP contribution in [0.2, 0.25) is 0 Å². The maximum Gasteiger partial charge on any atom is 0.373 e. The summed E-state index contributed by atoms with van der Waals surface area (Å²) in [5.74, 6) is 1.63. The Bertz CT molecular complexity index is 822. The lowest BCUT2D eigenvalue weighted by atomic mass is 10.0. The Balaban J connectivity index is 0.000000324. The molecule has 0 spiro atoms. The fourth-order valence-corrected chi connectivity index (χ4v) is 3.67. The Morgan fingerprint density at radius 3 is 2.07 bits per heavy atom. The summed E-state index contributed by atoms with van der Waals surface area (Å²) in [6.45, 7) is 7.64. The number of fused-ring (bicyclic) bond motifs is 1. The minimum absolute atomic E-state index is 0.250. The highest BCUT2D eigenvalue weighted by Gasteiger charge is 2.39. The summed E-state index contributed by atoms with van der Waals surface area (Å²) in [6, 6.07) is 14.4. The average molecular weight is 396 g/mol. The molecule has 2 aromatic rings. The molecule has 8 heteroatoms. The summed E-state index contributed by atoms with van der Waals surface area (Å²) in [5.41, 5.74) is 2.06. The lowest BCUT2D eigenvalue weighted by molar-refractivity contribution is -0.191. The standard InChI is InChI=1S/C17H20N4.C3H4O2.CO2/c1-20-9-14-11-21(12-15(14)10-20)17-8-7-16(18-19-17)13-5-3-2-4-6-13;1-2-3(4)5;2-1-3/h2-8,14-15H,9-12H2,1H3;2H,1H2,(H,4,5);/t14-,15+;;. The number of hydrogen-bond acceptors (Lipinski definition) is 7. The van der Waals surface area contributed by atoms with Crippen molar-refractivity contribution in [3.63, 3.8) is 0 Å². The highest BCUT2D eigenvalue weighted by molar-refractivity contribution is 5.78. The molecular weight excluding hydrogens is 372 g/mol. The number of carboxylic acids is 1. The van der Waals surface area contributed by atoms with Crippen LogP contribution in [-0.2, 0) is 14.4 Å². The fraction of sp³-hybridized carbons (Fsp3) is 0.333. The van der Waals surface area contributed by atoms with Crippen LogP contribution in [0, 0.1) is 11.8 Å². The van der Waals surface area contributed by atoms with Gasteiger partial charge in [-0.3, -0.25) is 0 Å². The molecule has 4 rings (SSSR count). The van der Waals surface area contributed by atoms with Crippen LogP contribution in [0.4, 0.5) is 5.82 Å². The van der Waals surface area contributed by atoms with Gasteiger partial charge in [0, 0.05) is 37.8 Å². The first-order valence-electron chi connectivity index (χ1n) is 9.15. The maximum atomic E-state index is 9.25. The maximum absolute atomic E-state index is 9.25. The van der Waals surface area contributed by atoms with Gasteiger partial charge in [-0.15, -0.1) is 10.2 Å². The quantitative estimate of drug-likeness (QED) is 0.784. The predicted molar refractivity (Wildman–Crippen MR) is 107 cm³/mol. The fourth-order valence-electron chi connectivity index (χ4n) is 3.67. The normalized spacial score (nSPS) is 19.7. The molecule has 0 amide bonds. The number of rotatable bonds is 3. The first-order chi connectivity index (χ1) is 14.0. The van der Waals surface area contributed by atoms with Crippen molar-refractivity contribution in [1.29, 1.82) is 0 Å². The number of carbonyl (C=O) groups excluding carboxylic acids is 2. The zero-order valence-corrected chi connectivity index (χ0v) is 16.3. The third-order valence-corrected chi connectivity index (χ3v) is 4.89. The van der Waals surface area contributed by atoms with Crippen molar-refractivity contribution in [1.82, 2.24) is 15.1 Å². The molecule has 2 fully saturated rings. The van der Waals surface area contributed by atoms with Gasteiger partial charge in [0.1, 0.15) is 0 Å². The van der Waals surface area contributed by atoms with Crippen molar-refractivity contribution in [2.45, 2.75) is 0 Å². The van der Waals surface area contributed by atoms with Gasteiger partial charge in [-0.2, -0.15) is 9.59 Å². The predicted octanol–water partition coefficient (Wildman–Crippen LogP) is 1.81. The van der Waals surface area contributed by atoms with Crippen molar-refractivity contribution < 1.29 is 19.5 Å². The van der Waals surface area contributed by atoms with Gasteiger partial charge in [0.2, 0.25) is 0 Å². The third-order valence-electron chi connectivity index (χ3n) is 4.89. The lowest BCUT2D eigenvalue weighted by Crippen LogP contribution is -2.27. The van der Waals surface area contributed by atoms with Gasteiger partial charge < -0.3 is 14.9 Å². The number of anilines is 1. The largest absolute Gasteiger partial charge is 0.478 e. The molecule has 0 unspecified atom stereocenters. The molecule has 0 saturated carbocycles. The van der Waals surface area contributed by atoms with Crippen LogP contribution in [-0.4, -0.2) is 65.6 Å². The monoisotopic (exact) mass is 396 g/mol. The van der Waals surface area contributed by atoms with E-state index in [1.54, 1.807) is 0 Å². The van der Waals surface area contributed by atoms with E-state index in [2.05, 4.69) is 57.9 Å². The van der Waals surface area contributed by atoms with E-state index in [1.807, 2.05) is 18.2 Å². The number of carbonyl (C=O) groups is 1. The highest BCUT2D eigenvalue weighted by atomic mass is 16.4. The molecule has 0 radical (unpaired) electrons. The van der Waals surface area contributed by atoms with Gasteiger partial charge in [-0.1, -0.05) is 36.9 Å². The second-order valence-electron chi connectivity index (χ2n) is 6.91. The van der Waals surface area contributed by atoms with E-state index in [-0.39, 0.29) is 6.15 Å². The first kappa shape index (κ1) is 21.9. The summed E-state index contributed by atoms with van der Waals surface area (Å²) < 4.78 is 0. The van der Waals surface area contributed by atoms with Crippen LogP contribution in [0.1, 0.15) is 0 Å². The van der Waals surface area contributed by atoms with Gasteiger partial charge in [0.05, 0.1) is 5.69 Å². The molecule has 152 valence electrons. The summed E-state index contributed by atoms with van der Waals surface area (Å²) in [5, 5.41) is 16.5. The molecule has 2 aliphatic rings. The van der Waals surface area contributed by atoms with Crippen LogP contribution in [0.25, 0.3) is 11.3 Å². The minimum atomic E-state index is -0.981. The topological polar surface area (TPSA) is 104 Å². The molecule has 1 aromatic carbocycles. The molecule has 29 heavy (non-hydrogen) atoms. The van der Waals surface area contributed by atoms with Gasteiger partial charge in [0.15, 0.2) is 5.82 Å². The van der Waals surface area contributed by atoms with Gasteiger partial charge in [-0.25, -0.2) is 4.79 Å². The summed E-state index contributed by atoms with van der Waals surface area (Å²) in [4.78, 5) is 30.3. The Morgan fingerprint density at radius 2 is 1.62 bits per heavy atom. The third kappa shape index (κ3) is 6.34. The lowest BCUT2D eigenvalue weighted by Gasteiger charge is -2.19. The van der Waals surface area contributed by atoms with Gasteiger partial charge in [-0.05, 0) is 31.0 Å². The molecular formula is C21H24N4O4. The molecule has 0 bridgehead atoms. The van der Waals surface area contributed by atoms with E-state index in [4.69, 9.17) is 14.7 Å². The van der Waals surface area contributed by atoms with Crippen molar-refractivity contribution >= 4 is 17.9 Å². The highest BCUT2D eigenvalue weighted by Crippen LogP contribution is 2.32. The minimum Gasteiger partial charge on any atom is -0.478 e. The van der Waals surface area contributed by atoms with Crippen LogP contribution >= 0.6 is 0 Å². The number of benzene rings is 1. The van der Waals surface area contributed by atoms with Crippen LogP contribution < -0.4 is 4.90 Å². The zero-order chi connectivity index (χ0) is 21.2. The van der Waals surface area contributed by atoms with Crippen molar-refractivity contribution in [3.8, 4) is 11.3 Å². The molecule has 1 aromatic heterocycles. The van der Waals surface area contributed by atoms with Crippen LogP contribution in [0.15, 0.2) is 55.1 Å². The number of nitrogens with zero attached hydrogens (tertiary/aromatic N) is 4. The second kappa shape index (κ2) is 10.8. The van der Waals surface area contributed by atoms with E-state index in [0.717, 1.165) is 48.1 Å². The Kier molecular flexibility index (Phi) is 8.21. The Hall–Kier alpha value is -3.35. The van der Waals surface area contributed by atoms with Crippen molar-refractivity contribution in [2.75, 3.05) is 38.1 Å². The van der Waals surface area contributed by atoms with E-state index in [1.165, 1.54) is 13.1 Å². The molecule has 3 heterocycles. The first-order valence-corrected chi connectivity index (χ1v) is 9.15. The summed E-state index contributed by atoms with van der Waals surface area (Å²) in [6.07, 6.45) is 1.08. The van der Waals surface area contributed by atoms with Crippen molar-refractivity contribution in [3.05, 3.63) is 55.1 Å². The summed E-state index contributed by atoms with van der Waals surface area (Å²) >= 11 is 0. The average Bonchev–Trinajstić information content (AvgIpc) is 3.27. The summed E-state index contributed by atoms with van der Waals surface area (Å²) in [7, 11) is 2.22. The number of hydrogen-bond donors (Lipinski definition) is 1. The molecule has 0 aliphatic carbocycles. The van der Waals surface area contributed by atoms with E-state index >= 15 is 0 Å². The smallest absolute Gasteiger partial charge is 0.373 e. The van der Waals surface area contributed by atoms with Crippen molar-refractivity contribution in [2.24, 2.45) is 11.8 Å². The molecule has 2 atom stereocenters. The van der Waals surface area contributed by atoms with Crippen LogP contribution in [0.3, 0.4) is 0 Å². The van der Waals surface area contributed by atoms with Gasteiger partial charge in [0.25, 0.3) is 0 Å². The number of carboxylic acid groups (broad SMARTS) is 1. The van der Waals surface area contributed by atoms with Gasteiger partial charge >= 0.3 is 12.1 Å². The number of aliphatic carboxylic acids is 1. The Labute approximate surface area is 169 Å². The SMILES string of the molecule is C=CC(=O)O.CN1C[C@@H]2CN(c3ccc(-c4ccccc4)nn3)C[C@@H]2C1.O=C=O. The number of likely N-dealkylation sites (tertiary alicyclic amines) is 1. The molecule has 2 aliphatic heterocycles. The zero-order valence-electron chi connectivity index (χ0n) is 16.3. The van der Waals surface area contributed by atoms with E-state index in [0.29, 0.717) is 0 Å². The molecule has 2 saturated heterocycles. The second-order valence-corrected chi connectivity index (χ2v) is 6.91. The van der Waals surface area contributed by atoms with E-state index < -0.39 is 5.97 Å². The molecule has 8 nitrogen and oxygen atoms in total. The number of aromatic nitrogens is 2. The van der Waals surface area contributed by atoms with Crippen LogP contribution in [0.5, 0.6) is 0 Å². The molecule has 1 N–H and O–H groups in total. The Morgan fingerprint density at radius 1 is 1.07 bits per heavy atom. The van der Waals surface area contributed by atoms with E-state index in [9.17, 15) is 4.79 Å².